The predicted octanol–water partition coefficient (Wildman–Crippen LogP) is 3.01. The molecule has 3 nitrogen and oxygen atoms in total. The summed E-state index contributed by atoms with van der Waals surface area (Å²) in [5.41, 5.74) is 6.44. The summed E-state index contributed by atoms with van der Waals surface area (Å²) in [5, 5.41) is 0. The molecular formula is C15H15F2NO2. The molecule has 0 saturated carbocycles. The topological polar surface area (TPSA) is 44.5 Å². The highest BCUT2D eigenvalue weighted by Crippen LogP contribution is 2.20. The van der Waals surface area contributed by atoms with Gasteiger partial charge >= 0.3 is 0 Å². The van der Waals surface area contributed by atoms with Gasteiger partial charge in [-0.15, -0.1) is 0 Å². The molecule has 0 aromatic heterocycles. The van der Waals surface area contributed by atoms with Crippen LogP contribution in [0, 0.1) is 11.6 Å². The molecule has 0 saturated heterocycles. The molecule has 2 aromatic rings. The maximum atomic E-state index is 13.7. The van der Waals surface area contributed by atoms with Gasteiger partial charge < -0.3 is 15.2 Å². The van der Waals surface area contributed by atoms with E-state index in [2.05, 4.69) is 0 Å². The Kier molecular flexibility index (Phi) is 4.53. The molecule has 2 N–H and O–H groups in total. The first-order valence-electron chi connectivity index (χ1n) is 6.07. The Morgan fingerprint density at radius 3 is 2.50 bits per heavy atom. The third kappa shape index (κ3) is 3.45. The van der Waals surface area contributed by atoms with Crippen molar-refractivity contribution in [2.75, 3.05) is 7.11 Å². The molecule has 0 radical (unpaired) electrons. The number of ether oxygens (including phenoxy) is 2. The maximum absolute atomic E-state index is 13.7. The summed E-state index contributed by atoms with van der Waals surface area (Å²) in [5.74, 6) is -0.110. The van der Waals surface area contributed by atoms with Gasteiger partial charge in [0.05, 0.1) is 7.11 Å². The van der Waals surface area contributed by atoms with Gasteiger partial charge in [0, 0.05) is 24.2 Å². The van der Waals surface area contributed by atoms with Crippen molar-refractivity contribution in [3.8, 4) is 11.5 Å². The van der Waals surface area contributed by atoms with Gasteiger partial charge in [0.15, 0.2) is 0 Å². The van der Waals surface area contributed by atoms with Gasteiger partial charge in [-0.2, -0.15) is 0 Å². The standard InChI is InChI=1S/C15H15F2NO2/c1-19-13-3-2-11(15(17)7-13)9-20-14-5-10(8-18)4-12(16)6-14/h2-7H,8-9,18H2,1H3. The highest BCUT2D eigenvalue weighted by atomic mass is 19.1. The van der Waals surface area contributed by atoms with Crippen LogP contribution < -0.4 is 15.2 Å². The molecule has 5 heteroatoms. The van der Waals surface area contributed by atoms with Crippen LogP contribution in [-0.4, -0.2) is 7.11 Å². The summed E-state index contributed by atoms with van der Waals surface area (Å²) in [4.78, 5) is 0. The fourth-order valence-corrected chi connectivity index (χ4v) is 1.76. The second-order valence-electron chi connectivity index (χ2n) is 4.25. The van der Waals surface area contributed by atoms with Crippen molar-refractivity contribution < 1.29 is 18.3 Å². The Labute approximate surface area is 115 Å². The first-order chi connectivity index (χ1) is 9.62. The first-order valence-corrected chi connectivity index (χ1v) is 6.07. The third-order valence-electron chi connectivity index (χ3n) is 2.82. The van der Waals surface area contributed by atoms with Crippen LogP contribution in [0.4, 0.5) is 8.78 Å². The van der Waals surface area contributed by atoms with Crippen LogP contribution >= 0.6 is 0 Å². The Morgan fingerprint density at radius 1 is 1.05 bits per heavy atom. The number of benzene rings is 2. The SMILES string of the molecule is COc1ccc(COc2cc(F)cc(CN)c2)c(F)c1. The summed E-state index contributed by atoms with van der Waals surface area (Å²) in [6.07, 6.45) is 0. The quantitative estimate of drug-likeness (QED) is 0.915. The van der Waals surface area contributed by atoms with Gasteiger partial charge in [0.2, 0.25) is 0 Å². The summed E-state index contributed by atoms with van der Waals surface area (Å²) in [6, 6.07) is 8.68. The van der Waals surface area contributed by atoms with Crippen molar-refractivity contribution in [3.63, 3.8) is 0 Å². The summed E-state index contributed by atoms with van der Waals surface area (Å²) < 4.78 is 37.3. The normalized spacial score (nSPS) is 10.4. The maximum Gasteiger partial charge on any atom is 0.133 e. The fraction of sp³-hybridized carbons (Fsp3) is 0.200. The lowest BCUT2D eigenvalue weighted by Gasteiger charge is -2.09. The largest absolute Gasteiger partial charge is 0.497 e. The molecule has 0 spiro atoms. The van der Waals surface area contributed by atoms with Crippen LogP contribution in [0.2, 0.25) is 0 Å². The number of rotatable bonds is 5. The predicted molar refractivity (Wildman–Crippen MR) is 71.6 cm³/mol. The molecule has 0 aliphatic rings. The lowest BCUT2D eigenvalue weighted by atomic mass is 10.2. The van der Waals surface area contributed by atoms with Crippen LogP contribution in [0.5, 0.6) is 11.5 Å². The van der Waals surface area contributed by atoms with Crippen molar-refractivity contribution in [1.29, 1.82) is 0 Å². The zero-order chi connectivity index (χ0) is 14.5. The monoisotopic (exact) mass is 279 g/mol. The van der Waals surface area contributed by atoms with Gasteiger partial charge in [0.1, 0.15) is 29.7 Å². The lowest BCUT2D eigenvalue weighted by Crippen LogP contribution is -2.01. The second-order valence-corrected chi connectivity index (χ2v) is 4.25. The van der Waals surface area contributed by atoms with E-state index in [-0.39, 0.29) is 13.2 Å². The van der Waals surface area contributed by atoms with E-state index in [1.807, 2.05) is 0 Å². The first kappa shape index (κ1) is 14.3. The van der Waals surface area contributed by atoms with Crippen LogP contribution in [0.1, 0.15) is 11.1 Å². The van der Waals surface area contributed by atoms with E-state index < -0.39 is 11.6 Å². The van der Waals surface area contributed by atoms with Crippen molar-refractivity contribution in [2.24, 2.45) is 5.73 Å². The van der Waals surface area contributed by atoms with Crippen molar-refractivity contribution in [3.05, 3.63) is 59.2 Å². The molecule has 0 fully saturated rings. The van der Waals surface area contributed by atoms with E-state index in [9.17, 15) is 8.78 Å². The van der Waals surface area contributed by atoms with Gasteiger partial charge in [-0.3, -0.25) is 0 Å². The van der Waals surface area contributed by atoms with Crippen LogP contribution in [0.25, 0.3) is 0 Å². The molecule has 0 aliphatic heterocycles. The highest BCUT2D eigenvalue weighted by molar-refractivity contribution is 5.31. The average Bonchev–Trinajstić information content (AvgIpc) is 2.45. The van der Waals surface area contributed by atoms with Crippen molar-refractivity contribution in [1.82, 2.24) is 0 Å². The molecule has 0 amide bonds. The Morgan fingerprint density at radius 2 is 1.85 bits per heavy atom. The minimum absolute atomic E-state index is 0.00327. The molecular weight excluding hydrogens is 264 g/mol. The fourth-order valence-electron chi connectivity index (χ4n) is 1.76. The molecule has 106 valence electrons. The zero-order valence-electron chi connectivity index (χ0n) is 11.0. The van der Waals surface area contributed by atoms with Crippen LogP contribution in [0.15, 0.2) is 36.4 Å². The number of nitrogens with two attached hydrogens (primary N) is 1. The number of methoxy groups -OCH3 is 1. The summed E-state index contributed by atoms with van der Waals surface area (Å²) >= 11 is 0. The van der Waals surface area contributed by atoms with Crippen LogP contribution in [0.3, 0.4) is 0 Å². The van der Waals surface area contributed by atoms with E-state index in [1.165, 1.54) is 25.3 Å². The van der Waals surface area contributed by atoms with E-state index in [0.29, 0.717) is 22.6 Å². The number of halogens is 2. The zero-order valence-corrected chi connectivity index (χ0v) is 11.0. The smallest absolute Gasteiger partial charge is 0.133 e. The Hall–Kier alpha value is -2.14. The van der Waals surface area contributed by atoms with E-state index in [4.69, 9.17) is 15.2 Å². The molecule has 2 aromatic carbocycles. The lowest BCUT2D eigenvalue weighted by molar-refractivity contribution is 0.297. The third-order valence-corrected chi connectivity index (χ3v) is 2.82. The molecule has 0 bridgehead atoms. The molecule has 0 heterocycles. The average molecular weight is 279 g/mol. The molecule has 2 rings (SSSR count). The minimum Gasteiger partial charge on any atom is -0.497 e. The summed E-state index contributed by atoms with van der Waals surface area (Å²) in [7, 11) is 1.46. The van der Waals surface area contributed by atoms with E-state index in [0.717, 1.165) is 0 Å². The number of hydrogen-bond acceptors (Lipinski definition) is 3. The highest BCUT2D eigenvalue weighted by Gasteiger charge is 2.06. The molecule has 0 aliphatic carbocycles. The second kappa shape index (κ2) is 6.34. The van der Waals surface area contributed by atoms with E-state index >= 15 is 0 Å². The molecule has 0 unspecified atom stereocenters. The number of hydrogen-bond donors (Lipinski definition) is 1. The Balaban J connectivity index is 2.10. The van der Waals surface area contributed by atoms with Gasteiger partial charge in [-0.05, 0) is 29.8 Å². The van der Waals surface area contributed by atoms with Crippen LogP contribution in [-0.2, 0) is 13.2 Å². The minimum atomic E-state index is -0.432. The van der Waals surface area contributed by atoms with Crippen molar-refractivity contribution >= 4 is 0 Å². The van der Waals surface area contributed by atoms with Crippen molar-refractivity contribution in [2.45, 2.75) is 13.2 Å². The van der Waals surface area contributed by atoms with Gasteiger partial charge in [-0.1, -0.05) is 0 Å². The molecule has 20 heavy (non-hydrogen) atoms. The van der Waals surface area contributed by atoms with Gasteiger partial charge in [-0.25, -0.2) is 8.78 Å². The Bertz CT molecular complexity index is 602. The van der Waals surface area contributed by atoms with E-state index in [1.54, 1.807) is 18.2 Å². The summed E-state index contributed by atoms with van der Waals surface area (Å²) in [6.45, 7) is 0.217. The van der Waals surface area contributed by atoms with Gasteiger partial charge in [0.25, 0.3) is 0 Å². The molecule has 0 atom stereocenters.